The Morgan fingerprint density at radius 1 is 1.19 bits per heavy atom. The molecule has 0 spiro atoms. The summed E-state index contributed by atoms with van der Waals surface area (Å²) in [5, 5.41) is 7.03. The zero-order chi connectivity index (χ0) is 11.1. The SMILES string of the molecule is C1CCC(CCNCC2COCCN2)CC1. The van der Waals surface area contributed by atoms with E-state index in [1.54, 1.807) is 0 Å². The molecule has 2 N–H and O–H groups in total. The van der Waals surface area contributed by atoms with Crippen molar-refractivity contribution >= 4 is 0 Å². The summed E-state index contributed by atoms with van der Waals surface area (Å²) in [5.41, 5.74) is 0. The Labute approximate surface area is 99.3 Å². The Morgan fingerprint density at radius 2 is 2.06 bits per heavy atom. The number of rotatable bonds is 5. The molecule has 0 aromatic carbocycles. The molecule has 2 aliphatic rings. The Kier molecular flexibility index (Phi) is 5.59. The van der Waals surface area contributed by atoms with Gasteiger partial charge in [0, 0.05) is 19.1 Å². The Balaban J connectivity index is 1.47. The predicted molar refractivity (Wildman–Crippen MR) is 66.7 cm³/mol. The molecule has 16 heavy (non-hydrogen) atoms. The summed E-state index contributed by atoms with van der Waals surface area (Å²) >= 11 is 0. The van der Waals surface area contributed by atoms with Crippen LogP contribution in [0.25, 0.3) is 0 Å². The van der Waals surface area contributed by atoms with Crippen LogP contribution in [-0.2, 0) is 4.74 Å². The van der Waals surface area contributed by atoms with Gasteiger partial charge < -0.3 is 15.4 Å². The molecule has 94 valence electrons. The Bertz CT molecular complexity index is 155. The molecular weight excluding hydrogens is 200 g/mol. The molecule has 0 amide bonds. The van der Waals surface area contributed by atoms with Crippen molar-refractivity contribution in [2.75, 3.05) is 32.8 Å². The van der Waals surface area contributed by atoms with Crippen LogP contribution in [0, 0.1) is 5.92 Å². The minimum atomic E-state index is 0.528. The first-order valence-corrected chi connectivity index (χ1v) is 6.97. The van der Waals surface area contributed by atoms with Crippen molar-refractivity contribution in [2.24, 2.45) is 5.92 Å². The van der Waals surface area contributed by atoms with E-state index in [0.717, 1.165) is 32.2 Å². The molecule has 1 aliphatic heterocycles. The van der Waals surface area contributed by atoms with E-state index in [1.807, 2.05) is 0 Å². The second-order valence-electron chi connectivity index (χ2n) is 5.22. The zero-order valence-electron chi connectivity index (χ0n) is 10.3. The molecule has 0 bridgehead atoms. The first kappa shape index (κ1) is 12.3. The minimum absolute atomic E-state index is 0.528. The van der Waals surface area contributed by atoms with Crippen LogP contribution >= 0.6 is 0 Å². The maximum atomic E-state index is 5.43. The Morgan fingerprint density at radius 3 is 2.81 bits per heavy atom. The van der Waals surface area contributed by atoms with Gasteiger partial charge in [0.25, 0.3) is 0 Å². The molecule has 0 aromatic rings. The van der Waals surface area contributed by atoms with Gasteiger partial charge in [-0.1, -0.05) is 32.1 Å². The summed E-state index contributed by atoms with van der Waals surface area (Å²) in [6.45, 7) is 5.00. The molecule has 1 heterocycles. The Hall–Kier alpha value is -0.120. The summed E-state index contributed by atoms with van der Waals surface area (Å²) in [6, 6.07) is 0.528. The summed E-state index contributed by atoms with van der Waals surface area (Å²) in [7, 11) is 0. The third-order valence-electron chi connectivity index (χ3n) is 3.84. The van der Waals surface area contributed by atoms with Gasteiger partial charge in [-0.3, -0.25) is 0 Å². The van der Waals surface area contributed by atoms with Crippen LogP contribution in [0.4, 0.5) is 0 Å². The molecule has 1 aliphatic carbocycles. The van der Waals surface area contributed by atoms with Crippen molar-refractivity contribution in [3.8, 4) is 0 Å². The molecule has 0 aromatic heterocycles. The highest BCUT2D eigenvalue weighted by atomic mass is 16.5. The van der Waals surface area contributed by atoms with E-state index in [1.165, 1.54) is 45.1 Å². The van der Waals surface area contributed by atoms with E-state index in [4.69, 9.17) is 4.74 Å². The third-order valence-corrected chi connectivity index (χ3v) is 3.84. The van der Waals surface area contributed by atoms with E-state index in [2.05, 4.69) is 10.6 Å². The average molecular weight is 226 g/mol. The molecule has 3 heteroatoms. The van der Waals surface area contributed by atoms with Crippen molar-refractivity contribution in [1.82, 2.24) is 10.6 Å². The minimum Gasteiger partial charge on any atom is -0.378 e. The standard InChI is InChI=1S/C13H26N2O/c1-2-4-12(5-3-1)6-7-14-10-13-11-16-9-8-15-13/h12-15H,1-11H2. The van der Waals surface area contributed by atoms with Gasteiger partial charge in [0.2, 0.25) is 0 Å². The maximum absolute atomic E-state index is 5.43. The number of ether oxygens (including phenoxy) is 1. The first-order valence-electron chi connectivity index (χ1n) is 6.97. The highest BCUT2D eigenvalue weighted by molar-refractivity contribution is 4.73. The van der Waals surface area contributed by atoms with Crippen LogP contribution < -0.4 is 10.6 Å². The van der Waals surface area contributed by atoms with Gasteiger partial charge in [0.1, 0.15) is 0 Å². The van der Waals surface area contributed by atoms with Crippen LogP contribution in [0.2, 0.25) is 0 Å². The second-order valence-corrected chi connectivity index (χ2v) is 5.22. The lowest BCUT2D eigenvalue weighted by Crippen LogP contribution is -2.47. The molecular formula is C13H26N2O. The zero-order valence-corrected chi connectivity index (χ0v) is 10.3. The number of morpholine rings is 1. The smallest absolute Gasteiger partial charge is 0.0632 e. The number of hydrogen-bond donors (Lipinski definition) is 2. The molecule has 1 saturated heterocycles. The monoisotopic (exact) mass is 226 g/mol. The van der Waals surface area contributed by atoms with Crippen molar-refractivity contribution in [3.63, 3.8) is 0 Å². The summed E-state index contributed by atoms with van der Waals surface area (Å²) in [4.78, 5) is 0. The topological polar surface area (TPSA) is 33.3 Å². The molecule has 1 atom stereocenters. The highest BCUT2D eigenvalue weighted by Crippen LogP contribution is 2.25. The largest absolute Gasteiger partial charge is 0.378 e. The molecule has 2 rings (SSSR count). The van der Waals surface area contributed by atoms with Gasteiger partial charge in [-0.25, -0.2) is 0 Å². The molecule has 1 unspecified atom stereocenters. The summed E-state index contributed by atoms with van der Waals surface area (Å²) in [6.07, 6.45) is 8.69. The predicted octanol–water partition coefficient (Wildman–Crippen LogP) is 1.53. The number of hydrogen-bond acceptors (Lipinski definition) is 3. The lowest BCUT2D eigenvalue weighted by atomic mass is 9.87. The average Bonchev–Trinajstić information content (AvgIpc) is 2.37. The van der Waals surface area contributed by atoms with E-state index >= 15 is 0 Å². The first-order chi connectivity index (χ1) is 7.95. The normalized spacial score (nSPS) is 28.1. The van der Waals surface area contributed by atoms with Gasteiger partial charge >= 0.3 is 0 Å². The lowest BCUT2D eigenvalue weighted by Gasteiger charge is -2.25. The van der Waals surface area contributed by atoms with E-state index in [-0.39, 0.29) is 0 Å². The molecule has 3 nitrogen and oxygen atoms in total. The number of nitrogens with one attached hydrogen (secondary N) is 2. The van der Waals surface area contributed by atoms with Crippen LogP contribution in [0.3, 0.4) is 0 Å². The fraction of sp³-hybridized carbons (Fsp3) is 1.00. The lowest BCUT2D eigenvalue weighted by molar-refractivity contribution is 0.0766. The van der Waals surface area contributed by atoms with Crippen molar-refractivity contribution < 1.29 is 4.74 Å². The van der Waals surface area contributed by atoms with E-state index in [0.29, 0.717) is 6.04 Å². The highest BCUT2D eigenvalue weighted by Gasteiger charge is 2.14. The van der Waals surface area contributed by atoms with Gasteiger partial charge in [-0.2, -0.15) is 0 Å². The molecule has 2 fully saturated rings. The van der Waals surface area contributed by atoms with Gasteiger partial charge in [-0.05, 0) is 18.9 Å². The third kappa shape index (κ3) is 4.40. The van der Waals surface area contributed by atoms with Gasteiger partial charge in [0.15, 0.2) is 0 Å². The fourth-order valence-corrected chi connectivity index (χ4v) is 2.81. The van der Waals surface area contributed by atoms with Crippen LogP contribution in [0.15, 0.2) is 0 Å². The van der Waals surface area contributed by atoms with Crippen molar-refractivity contribution in [3.05, 3.63) is 0 Å². The van der Waals surface area contributed by atoms with Crippen molar-refractivity contribution in [2.45, 2.75) is 44.6 Å². The van der Waals surface area contributed by atoms with Gasteiger partial charge in [-0.15, -0.1) is 0 Å². The quantitative estimate of drug-likeness (QED) is 0.698. The maximum Gasteiger partial charge on any atom is 0.0632 e. The van der Waals surface area contributed by atoms with Crippen LogP contribution in [0.1, 0.15) is 38.5 Å². The van der Waals surface area contributed by atoms with E-state index in [9.17, 15) is 0 Å². The molecule has 1 saturated carbocycles. The fourth-order valence-electron chi connectivity index (χ4n) is 2.81. The van der Waals surface area contributed by atoms with Crippen molar-refractivity contribution in [1.29, 1.82) is 0 Å². The van der Waals surface area contributed by atoms with Crippen LogP contribution in [0.5, 0.6) is 0 Å². The van der Waals surface area contributed by atoms with Gasteiger partial charge in [0.05, 0.1) is 13.2 Å². The van der Waals surface area contributed by atoms with E-state index < -0.39 is 0 Å². The second kappa shape index (κ2) is 7.25. The summed E-state index contributed by atoms with van der Waals surface area (Å²) in [5.74, 6) is 0.997. The molecule has 0 radical (unpaired) electrons. The van der Waals surface area contributed by atoms with Crippen LogP contribution in [-0.4, -0.2) is 38.9 Å². The summed E-state index contributed by atoms with van der Waals surface area (Å²) < 4.78 is 5.43.